The van der Waals surface area contributed by atoms with E-state index in [1.807, 2.05) is 0 Å². The second kappa shape index (κ2) is 8.35. The molecule has 0 saturated heterocycles. The number of hydrogen-bond donors (Lipinski definition) is 3. The van der Waals surface area contributed by atoms with E-state index in [0.29, 0.717) is 11.8 Å². The van der Waals surface area contributed by atoms with Gasteiger partial charge in [-0.25, -0.2) is 4.79 Å². The van der Waals surface area contributed by atoms with Gasteiger partial charge in [0.15, 0.2) is 0 Å². The van der Waals surface area contributed by atoms with Crippen LogP contribution in [0.4, 0.5) is 4.79 Å². The second-order valence-corrected chi connectivity index (χ2v) is 5.84. The number of hydrogen-bond acceptors (Lipinski definition) is 2. The topological polar surface area (TPSA) is 61.4 Å². The van der Waals surface area contributed by atoms with Crippen molar-refractivity contribution in [2.45, 2.75) is 58.4 Å². The Morgan fingerprint density at radius 2 is 1.94 bits per heavy atom. The molecule has 0 unspecified atom stereocenters. The second-order valence-electron chi connectivity index (χ2n) is 5.84. The molecule has 0 atom stereocenters. The molecule has 0 spiro atoms. The fraction of sp³-hybridized carbons (Fsp3) is 0.929. The Balaban J connectivity index is 2.06. The van der Waals surface area contributed by atoms with Crippen molar-refractivity contribution in [3.63, 3.8) is 0 Å². The molecule has 106 valence electrons. The number of amides is 2. The minimum absolute atomic E-state index is 0.0359. The Kier molecular flexibility index (Phi) is 7.09. The van der Waals surface area contributed by atoms with Crippen LogP contribution in [0, 0.1) is 11.8 Å². The van der Waals surface area contributed by atoms with Gasteiger partial charge in [0, 0.05) is 19.2 Å². The summed E-state index contributed by atoms with van der Waals surface area (Å²) < 4.78 is 0. The molecule has 4 heteroatoms. The predicted molar refractivity (Wildman–Crippen MR) is 73.4 cm³/mol. The molecule has 0 aromatic rings. The summed E-state index contributed by atoms with van der Waals surface area (Å²) in [5.41, 5.74) is 0. The molecule has 3 N–H and O–H groups in total. The molecule has 1 aliphatic rings. The highest BCUT2D eigenvalue weighted by molar-refractivity contribution is 5.74. The molecule has 18 heavy (non-hydrogen) atoms. The van der Waals surface area contributed by atoms with E-state index < -0.39 is 0 Å². The molecule has 0 heterocycles. The van der Waals surface area contributed by atoms with Crippen LogP contribution in [0.15, 0.2) is 0 Å². The Bertz CT molecular complexity index is 236. The molecule has 0 aromatic carbocycles. The molecule has 0 aliphatic heterocycles. The lowest BCUT2D eigenvalue weighted by molar-refractivity contribution is 0.174. The summed E-state index contributed by atoms with van der Waals surface area (Å²) in [6, 6.07) is 0.254. The van der Waals surface area contributed by atoms with Crippen molar-refractivity contribution in [3.8, 4) is 0 Å². The lowest BCUT2D eigenvalue weighted by atomic mass is 9.87. The fourth-order valence-electron chi connectivity index (χ4n) is 2.44. The Morgan fingerprint density at radius 1 is 1.28 bits per heavy atom. The zero-order valence-corrected chi connectivity index (χ0v) is 11.7. The molecular formula is C14H28N2O2. The van der Waals surface area contributed by atoms with E-state index in [1.165, 1.54) is 0 Å². The van der Waals surface area contributed by atoms with Crippen LogP contribution in [0.25, 0.3) is 0 Å². The van der Waals surface area contributed by atoms with Crippen LogP contribution >= 0.6 is 0 Å². The monoisotopic (exact) mass is 256 g/mol. The SMILES string of the molecule is CC(C)CCCNC(=O)NC1CCC(CO)CC1. The summed E-state index contributed by atoms with van der Waals surface area (Å²) in [6.45, 7) is 5.43. The Hall–Kier alpha value is -0.770. The van der Waals surface area contributed by atoms with Crippen molar-refractivity contribution >= 4 is 6.03 Å². The number of carbonyl (C=O) groups is 1. The minimum Gasteiger partial charge on any atom is -0.396 e. The maximum absolute atomic E-state index is 11.6. The van der Waals surface area contributed by atoms with Gasteiger partial charge >= 0.3 is 6.03 Å². The number of rotatable bonds is 6. The quantitative estimate of drug-likeness (QED) is 0.638. The maximum Gasteiger partial charge on any atom is 0.315 e. The predicted octanol–water partition coefficient (Wildman–Crippen LogP) is 2.27. The van der Waals surface area contributed by atoms with E-state index in [0.717, 1.165) is 45.1 Å². The van der Waals surface area contributed by atoms with Gasteiger partial charge in [0.05, 0.1) is 0 Å². The first-order valence-corrected chi connectivity index (χ1v) is 7.27. The first-order chi connectivity index (χ1) is 8.61. The molecule has 1 rings (SSSR count). The third-order valence-corrected chi connectivity index (χ3v) is 3.68. The van der Waals surface area contributed by atoms with Crippen LogP contribution in [-0.4, -0.2) is 30.3 Å². The lowest BCUT2D eigenvalue weighted by Gasteiger charge is -2.27. The van der Waals surface area contributed by atoms with Crippen molar-refractivity contribution in [2.24, 2.45) is 11.8 Å². The van der Waals surface area contributed by atoms with Gasteiger partial charge in [0.2, 0.25) is 0 Å². The molecule has 2 amide bonds. The van der Waals surface area contributed by atoms with Crippen LogP contribution in [-0.2, 0) is 0 Å². The average Bonchev–Trinajstić information content (AvgIpc) is 2.35. The van der Waals surface area contributed by atoms with Gasteiger partial charge in [0.25, 0.3) is 0 Å². The van der Waals surface area contributed by atoms with E-state index in [2.05, 4.69) is 24.5 Å². The van der Waals surface area contributed by atoms with E-state index in [4.69, 9.17) is 5.11 Å². The van der Waals surface area contributed by atoms with Crippen LogP contribution in [0.5, 0.6) is 0 Å². The highest BCUT2D eigenvalue weighted by Gasteiger charge is 2.21. The molecule has 1 fully saturated rings. The summed E-state index contributed by atoms with van der Waals surface area (Å²) in [5.74, 6) is 1.14. The third-order valence-electron chi connectivity index (χ3n) is 3.68. The molecule has 0 aromatic heterocycles. The number of urea groups is 1. The van der Waals surface area contributed by atoms with Crippen molar-refractivity contribution in [1.82, 2.24) is 10.6 Å². The Morgan fingerprint density at radius 3 is 2.50 bits per heavy atom. The summed E-state index contributed by atoms with van der Waals surface area (Å²) in [6.07, 6.45) is 6.23. The normalized spacial score (nSPS) is 24.0. The van der Waals surface area contributed by atoms with E-state index in [-0.39, 0.29) is 18.7 Å². The summed E-state index contributed by atoms with van der Waals surface area (Å²) in [4.78, 5) is 11.6. The van der Waals surface area contributed by atoms with Gasteiger partial charge in [-0.3, -0.25) is 0 Å². The van der Waals surface area contributed by atoms with Gasteiger partial charge in [-0.2, -0.15) is 0 Å². The smallest absolute Gasteiger partial charge is 0.315 e. The highest BCUT2D eigenvalue weighted by Crippen LogP contribution is 2.23. The summed E-state index contributed by atoms with van der Waals surface area (Å²) in [5, 5.41) is 15.0. The summed E-state index contributed by atoms with van der Waals surface area (Å²) in [7, 11) is 0. The van der Waals surface area contributed by atoms with Crippen LogP contribution in [0.3, 0.4) is 0 Å². The Labute approximate surface area is 111 Å². The number of carbonyl (C=O) groups excluding carboxylic acids is 1. The number of aliphatic hydroxyl groups is 1. The molecule has 1 saturated carbocycles. The van der Waals surface area contributed by atoms with Gasteiger partial charge in [-0.15, -0.1) is 0 Å². The zero-order valence-electron chi connectivity index (χ0n) is 11.7. The molecule has 0 bridgehead atoms. The number of aliphatic hydroxyl groups excluding tert-OH is 1. The molecule has 0 radical (unpaired) electrons. The van der Waals surface area contributed by atoms with Gasteiger partial charge in [0.1, 0.15) is 0 Å². The van der Waals surface area contributed by atoms with Crippen molar-refractivity contribution in [2.75, 3.05) is 13.2 Å². The summed E-state index contributed by atoms with van der Waals surface area (Å²) >= 11 is 0. The van der Waals surface area contributed by atoms with E-state index in [1.54, 1.807) is 0 Å². The minimum atomic E-state index is -0.0359. The van der Waals surface area contributed by atoms with Gasteiger partial charge < -0.3 is 15.7 Å². The van der Waals surface area contributed by atoms with Crippen molar-refractivity contribution in [3.05, 3.63) is 0 Å². The van der Waals surface area contributed by atoms with Crippen LogP contribution in [0.2, 0.25) is 0 Å². The zero-order chi connectivity index (χ0) is 13.4. The van der Waals surface area contributed by atoms with E-state index >= 15 is 0 Å². The highest BCUT2D eigenvalue weighted by atomic mass is 16.3. The third kappa shape index (κ3) is 6.24. The standard InChI is InChI=1S/C14H28N2O2/c1-11(2)4-3-9-15-14(18)16-13-7-5-12(10-17)6-8-13/h11-13,17H,3-10H2,1-2H3,(H2,15,16,18). The fourth-order valence-corrected chi connectivity index (χ4v) is 2.44. The molecule has 1 aliphatic carbocycles. The molecular weight excluding hydrogens is 228 g/mol. The van der Waals surface area contributed by atoms with Gasteiger partial charge in [-0.05, 0) is 50.4 Å². The van der Waals surface area contributed by atoms with Gasteiger partial charge in [-0.1, -0.05) is 13.8 Å². The van der Waals surface area contributed by atoms with Crippen LogP contribution in [0.1, 0.15) is 52.4 Å². The maximum atomic E-state index is 11.6. The molecule has 4 nitrogen and oxygen atoms in total. The first-order valence-electron chi connectivity index (χ1n) is 7.27. The average molecular weight is 256 g/mol. The van der Waals surface area contributed by atoms with Crippen LogP contribution < -0.4 is 10.6 Å². The largest absolute Gasteiger partial charge is 0.396 e. The first kappa shape index (κ1) is 15.3. The number of nitrogens with one attached hydrogen (secondary N) is 2. The van der Waals surface area contributed by atoms with Crippen molar-refractivity contribution < 1.29 is 9.90 Å². The van der Waals surface area contributed by atoms with E-state index in [9.17, 15) is 4.79 Å². The lowest BCUT2D eigenvalue weighted by Crippen LogP contribution is -2.44. The van der Waals surface area contributed by atoms with Crippen molar-refractivity contribution in [1.29, 1.82) is 0 Å².